The Labute approximate surface area is 48.3 Å². The van der Waals surface area contributed by atoms with E-state index in [0.717, 1.165) is 12.6 Å². The molecule has 0 aliphatic carbocycles. The molecule has 0 aliphatic heterocycles. The van der Waals surface area contributed by atoms with Gasteiger partial charge in [-0.2, -0.15) is 0 Å². The Morgan fingerprint density at radius 2 is 2.29 bits per heavy atom. The summed E-state index contributed by atoms with van der Waals surface area (Å²) in [7, 11) is 3.25. The minimum Gasteiger partial charge on any atom is -0.299 e. The van der Waals surface area contributed by atoms with E-state index in [0.29, 0.717) is 0 Å². The van der Waals surface area contributed by atoms with E-state index in [1.165, 1.54) is 5.71 Å². The molecule has 0 atom stereocenters. The second kappa shape index (κ2) is 4.06. The fourth-order valence-corrected chi connectivity index (χ4v) is 0.517. The van der Waals surface area contributed by atoms with Crippen molar-refractivity contribution >= 4 is 16.0 Å². The van der Waals surface area contributed by atoms with Crippen molar-refractivity contribution in [1.82, 2.24) is 0 Å². The topological polar surface area (TPSA) is 12.4 Å². The number of rotatable bonds is 2. The van der Waals surface area contributed by atoms with Gasteiger partial charge in [-0.1, -0.05) is 6.92 Å². The molecule has 0 bridgehead atoms. The molecule has 0 spiro atoms. The van der Waals surface area contributed by atoms with E-state index >= 15 is 0 Å². The fourth-order valence-electron chi connectivity index (χ4n) is 0.247. The van der Waals surface area contributed by atoms with E-state index in [2.05, 4.69) is 22.2 Å². The number of hydrogen-bond acceptors (Lipinski definition) is 1. The average molecular weight is 112 g/mol. The van der Waals surface area contributed by atoms with Gasteiger partial charge < -0.3 is 0 Å². The monoisotopic (exact) mass is 112 g/mol. The van der Waals surface area contributed by atoms with Gasteiger partial charge >= 0.3 is 0 Å². The Hall–Kier alpha value is -0.113. The Balaban J connectivity index is 3.29. The maximum Gasteiger partial charge on any atom is 0.0542 e. The van der Waals surface area contributed by atoms with Gasteiger partial charge in [0.25, 0.3) is 0 Å². The van der Waals surface area contributed by atoms with Gasteiger partial charge in [0.05, 0.1) is 10.2 Å². The molecule has 0 fully saturated rings. The first kappa shape index (κ1) is 6.89. The minimum absolute atomic E-state index is 0.736. The van der Waals surface area contributed by atoms with Crippen LogP contribution >= 0.6 is 0 Å². The Morgan fingerprint density at radius 1 is 1.71 bits per heavy atom. The van der Waals surface area contributed by atoms with Crippen LogP contribution in [-0.2, 0) is 0 Å². The molecule has 1 nitrogen and oxygen atoms in total. The van der Waals surface area contributed by atoms with Crippen LogP contribution in [0.1, 0.15) is 20.3 Å². The van der Waals surface area contributed by atoms with Gasteiger partial charge in [-0.15, -0.1) is 0 Å². The molecular weight excluding hydrogens is 102 g/mol. The molecule has 0 N–H and O–H groups in total. The number of nitrogens with zero attached hydrogens (tertiary/aromatic N) is 1. The number of hydrogen-bond donors (Lipinski definition) is 0. The molecule has 0 rings (SSSR count). The van der Waals surface area contributed by atoms with Crippen LogP contribution in [0, 0.1) is 0 Å². The first-order valence-corrected chi connectivity index (χ1v) is 3.16. The van der Waals surface area contributed by atoms with Crippen LogP contribution in [0.3, 0.4) is 0 Å². The molecule has 0 aromatic carbocycles. The molecule has 39 valence electrons. The van der Waals surface area contributed by atoms with E-state index in [1.54, 1.807) is 0 Å². The second-order valence-electron chi connectivity index (χ2n) is 1.41. The summed E-state index contributed by atoms with van der Waals surface area (Å²) >= 11 is 0. The van der Waals surface area contributed by atoms with Gasteiger partial charge in [-0.05, 0) is 13.3 Å². The van der Waals surface area contributed by atoms with E-state index in [1.807, 2.05) is 6.92 Å². The third kappa shape index (κ3) is 3.72. The van der Waals surface area contributed by atoms with E-state index in [-0.39, 0.29) is 0 Å². The first-order valence-electron chi connectivity index (χ1n) is 2.45. The highest BCUT2D eigenvalue weighted by atomic mass is 28.1. The third-order valence-corrected chi connectivity index (χ3v) is 1.02. The number of aliphatic imine (C=N–C) groups is 1. The van der Waals surface area contributed by atoms with Crippen LogP contribution in [0.25, 0.3) is 0 Å². The zero-order chi connectivity index (χ0) is 5.70. The van der Waals surface area contributed by atoms with Gasteiger partial charge in [0.2, 0.25) is 0 Å². The lowest BCUT2D eigenvalue weighted by molar-refractivity contribution is 1.21. The van der Waals surface area contributed by atoms with Crippen LogP contribution in [0.15, 0.2) is 4.99 Å². The average Bonchev–Trinajstić information content (AvgIpc) is 1.68. The zero-order valence-corrected chi connectivity index (χ0v) is 5.86. The summed E-state index contributed by atoms with van der Waals surface area (Å²) < 4.78 is 0. The van der Waals surface area contributed by atoms with Crippen LogP contribution in [-0.4, -0.2) is 22.1 Å². The van der Waals surface area contributed by atoms with Gasteiger partial charge in [-0.3, -0.25) is 4.99 Å². The minimum atomic E-state index is 0.736. The molecule has 2 heteroatoms. The molecule has 0 heterocycles. The Kier molecular flexibility index (Phi) is 3.99. The highest BCUT2D eigenvalue weighted by molar-refractivity contribution is 6.09. The first-order chi connectivity index (χ1) is 3.31. The van der Waals surface area contributed by atoms with Gasteiger partial charge in [0.15, 0.2) is 0 Å². The highest BCUT2D eigenvalue weighted by Crippen LogP contribution is 1.80. The highest BCUT2D eigenvalue weighted by Gasteiger charge is 1.78. The standard InChI is InChI=1S/C5H10NSi/c1-3-5(2)6-4-7/h3-4H2,1-2H3. The SMILES string of the molecule is CCC(C)=NC[Si]. The van der Waals surface area contributed by atoms with Crippen molar-refractivity contribution in [3.63, 3.8) is 0 Å². The predicted octanol–water partition coefficient (Wildman–Crippen LogP) is 0.983. The normalized spacial score (nSPS) is 12.1. The summed E-state index contributed by atoms with van der Waals surface area (Å²) in [5, 5.41) is 0. The largest absolute Gasteiger partial charge is 0.299 e. The third-order valence-electron chi connectivity index (χ3n) is 0.861. The summed E-state index contributed by atoms with van der Waals surface area (Å²) in [6, 6.07) is 0. The van der Waals surface area contributed by atoms with Crippen molar-refractivity contribution in [3.05, 3.63) is 0 Å². The lowest BCUT2D eigenvalue weighted by Gasteiger charge is -1.88. The molecule has 7 heavy (non-hydrogen) atoms. The van der Waals surface area contributed by atoms with Gasteiger partial charge in [0.1, 0.15) is 0 Å². The van der Waals surface area contributed by atoms with E-state index in [9.17, 15) is 0 Å². The van der Waals surface area contributed by atoms with Crippen LogP contribution in [0.2, 0.25) is 0 Å². The summed E-state index contributed by atoms with van der Waals surface area (Å²) in [5.74, 6) is 0. The molecule has 0 aromatic rings. The van der Waals surface area contributed by atoms with E-state index < -0.39 is 0 Å². The van der Waals surface area contributed by atoms with Crippen molar-refractivity contribution in [3.8, 4) is 0 Å². The predicted molar refractivity (Wildman–Crippen MR) is 34.0 cm³/mol. The van der Waals surface area contributed by atoms with Crippen molar-refractivity contribution in [2.24, 2.45) is 4.99 Å². The summed E-state index contributed by atoms with van der Waals surface area (Å²) in [5.41, 5.74) is 1.20. The van der Waals surface area contributed by atoms with Crippen molar-refractivity contribution in [2.75, 3.05) is 6.17 Å². The molecule has 0 saturated heterocycles. The second-order valence-corrected chi connectivity index (χ2v) is 1.72. The van der Waals surface area contributed by atoms with Crippen LogP contribution in [0.5, 0.6) is 0 Å². The maximum absolute atomic E-state index is 4.07. The molecule has 0 amide bonds. The van der Waals surface area contributed by atoms with E-state index in [4.69, 9.17) is 0 Å². The quantitative estimate of drug-likeness (QED) is 0.373. The Morgan fingerprint density at radius 3 is 2.43 bits per heavy atom. The fraction of sp³-hybridized carbons (Fsp3) is 0.800. The lowest BCUT2D eigenvalue weighted by Crippen LogP contribution is -1.88. The summed E-state index contributed by atoms with van der Waals surface area (Å²) in [6.07, 6.45) is 1.80. The molecule has 0 unspecified atom stereocenters. The Bertz CT molecular complexity index is 68.5. The zero-order valence-electron chi connectivity index (χ0n) is 4.86. The van der Waals surface area contributed by atoms with Crippen molar-refractivity contribution < 1.29 is 0 Å². The molecule has 3 radical (unpaired) electrons. The molecule has 0 aromatic heterocycles. The van der Waals surface area contributed by atoms with Crippen LogP contribution in [0.4, 0.5) is 0 Å². The van der Waals surface area contributed by atoms with Crippen molar-refractivity contribution in [1.29, 1.82) is 0 Å². The smallest absolute Gasteiger partial charge is 0.0542 e. The summed E-state index contributed by atoms with van der Waals surface area (Å²) in [4.78, 5) is 4.07. The molecular formula is C5H10NSi. The van der Waals surface area contributed by atoms with Gasteiger partial charge in [0, 0.05) is 11.9 Å². The molecule has 0 saturated carbocycles. The molecule has 0 aliphatic rings. The lowest BCUT2D eigenvalue weighted by atomic mass is 10.3. The van der Waals surface area contributed by atoms with Crippen LogP contribution < -0.4 is 0 Å². The maximum atomic E-state index is 4.07. The van der Waals surface area contributed by atoms with Gasteiger partial charge in [-0.25, -0.2) is 0 Å². The van der Waals surface area contributed by atoms with Crippen molar-refractivity contribution in [2.45, 2.75) is 20.3 Å². The summed E-state index contributed by atoms with van der Waals surface area (Å²) in [6.45, 7) is 4.13.